The molecule has 0 fully saturated rings. The third kappa shape index (κ3) is 3.33. The van der Waals surface area contributed by atoms with Crippen molar-refractivity contribution in [1.29, 1.82) is 0 Å². The lowest BCUT2D eigenvalue weighted by Gasteiger charge is -2.16. The predicted molar refractivity (Wildman–Crippen MR) is 82.6 cm³/mol. The van der Waals surface area contributed by atoms with Crippen LogP contribution in [0.15, 0.2) is 36.4 Å². The third-order valence-electron chi connectivity index (χ3n) is 3.49. The van der Waals surface area contributed by atoms with Crippen LogP contribution < -0.4 is 4.74 Å². The minimum atomic E-state index is -0.528. The fourth-order valence-corrected chi connectivity index (χ4v) is 2.48. The van der Waals surface area contributed by atoms with Crippen LogP contribution in [0.4, 0.5) is 0 Å². The van der Waals surface area contributed by atoms with E-state index in [4.69, 9.17) is 16.3 Å². The molecule has 106 valence electrons. The van der Waals surface area contributed by atoms with Gasteiger partial charge in [-0.1, -0.05) is 29.8 Å². The van der Waals surface area contributed by atoms with E-state index in [1.165, 1.54) is 0 Å². The summed E-state index contributed by atoms with van der Waals surface area (Å²) in [5, 5.41) is 11.2. The number of methoxy groups -OCH3 is 1. The molecule has 0 spiro atoms. The SMILES string of the molecule is COc1ccc(CC(O)c2cc(C)c(Cl)cc2C)cc1. The molecule has 2 nitrogen and oxygen atoms in total. The molecule has 2 aromatic carbocycles. The maximum absolute atomic E-state index is 10.4. The van der Waals surface area contributed by atoms with Gasteiger partial charge in [0, 0.05) is 11.4 Å². The summed E-state index contributed by atoms with van der Waals surface area (Å²) < 4.78 is 5.13. The lowest BCUT2D eigenvalue weighted by atomic mass is 9.96. The fourth-order valence-electron chi connectivity index (χ4n) is 2.26. The van der Waals surface area contributed by atoms with Gasteiger partial charge in [0.2, 0.25) is 0 Å². The van der Waals surface area contributed by atoms with Crippen molar-refractivity contribution >= 4 is 11.6 Å². The molecular formula is C17H19ClO2. The van der Waals surface area contributed by atoms with Crippen LogP contribution in [-0.2, 0) is 6.42 Å². The van der Waals surface area contributed by atoms with Gasteiger partial charge < -0.3 is 9.84 Å². The van der Waals surface area contributed by atoms with E-state index in [0.717, 1.165) is 33.0 Å². The lowest BCUT2D eigenvalue weighted by Crippen LogP contribution is -2.04. The zero-order chi connectivity index (χ0) is 14.7. The van der Waals surface area contributed by atoms with Crippen molar-refractivity contribution in [3.63, 3.8) is 0 Å². The Morgan fingerprint density at radius 3 is 2.35 bits per heavy atom. The largest absolute Gasteiger partial charge is 0.497 e. The fraction of sp³-hybridized carbons (Fsp3) is 0.294. The third-order valence-corrected chi connectivity index (χ3v) is 3.90. The van der Waals surface area contributed by atoms with E-state index in [2.05, 4.69) is 0 Å². The number of hydrogen-bond acceptors (Lipinski definition) is 2. The van der Waals surface area contributed by atoms with Crippen LogP contribution in [0.5, 0.6) is 5.75 Å². The molecule has 1 N–H and O–H groups in total. The normalized spacial score (nSPS) is 12.2. The molecule has 0 heterocycles. The number of benzene rings is 2. The molecule has 0 aliphatic heterocycles. The standard InChI is InChI=1S/C17H19ClO2/c1-11-9-16(18)12(2)8-15(11)17(19)10-13-4-6-14(20-3)7-5-13/h4-9,17,19H,10H2,1-3H3. The van der Waals surface area contributed by atoms with Crippen LogP contribution in [0.25, 0.3) is 0 Å². The average molecular weight is 291 g/mol. The number of aliphatic hydroxyl groups is 1. The summed E-state index contributed by atoms with van der Waals surface area (Å²) in [5.74, 6) is 0.821. The van der Waals surface area contributed by atoms with Gasteiger partial charge in [0.15, 0.2) is 0 Å². The highest BCUT2D eigenvalue weighted by Crippen LogP contribution is 2.27. The van der Waals surface area contributed by atoms with Gasteiger partial charge in [0.05, 0.1) is 13.2 Å². The first kappa shape index (κ1) is 14.9. The van der Waals surface area contributed by atoms with E-state index in [9.17, 15) is 5.11 Å². The maximum atomic E-state index is 10.4. The topological polar surface area (TPSA) is 29.5 Å². The summed E-state index contributed by atoms with van der Waals surface area (Å²) in [5.41, 5.74) is 4.01. The summed E-state index contributed by atoms with van der Waals surface area (Å²) in [7, 11) is 1.64. The minimum Gasteiger partial charge on any atom is -0.497 e. The summed E-state index contributed by atoms with van der Waals surface area (Å²) in [6, 6.07) is 11.6. The van der Waals surface area contributed by atoms with E-state index in [-0.39, 0.29) is 0 Å². The second kappa shape index (κ2) is 6.29. The molecule has 1 unspecified atom stereocenters. The molecule has 0 bridgehead atoms. The summed E-state index contributed by atoms with van der Waals surface area (Å²) >= 11 is 6.09. The molecule has 0 aliphatic carbocycles. The van der Waals surface area contributed by atoms with E-state index in [0.29, 0.717) is 6.42 Å². The molecule has 0 amide bonds. The second-order valence-electron chi connectivity index (χ2n) is 5.03. The van der Waals surface area contributed by atoms with Crippen molar-refractivity contribution in [2.75, 3.05) is 7.11 Å². The highest BCUT2D eigenvalue weighted by Gasteiger charge is 2.13. The Morgan fingerprint density at radius 1 is 1.10 bits per heavy atom. The van der Waals surface area contributed by atoms with E-state index >= 15 is 0 Å². The molecule has 1 atom stereocenters. The van der Waals surface area contributed by atoms with Gasteiger partial charge in [0.25, 0.3) is 0 Å². The summed E-state index contributed by atoms with van der Waals surface area (Å²) in [4.78, 5) is 0. The van der Waals surface area contributed by atoms with Crippen molar-refractivity contribution in [2.24, 2.45) is 0 Å². The Balaban J connectivity index is 2.18. The minimum absolute atomic E-state index is 0.528. The Hall–Kier alpha value is -1.51. The highest BCUT2D eigenvalue weighted by molar-refractivity contribution is 6.31. The number of aliphatic hydroxyl groups excluding tert-OH is 1. The second-order valence-corrected chi connectivity index (χ2v) is 5.43. The zero-order valence-corrected chi connectivity index (χ0v) is 12.7. The Morgan fingerprint density at radius 2 is 1.75 bits per heavy atom. The van der Waals surface area contributed by atoms with Gasteiger partial charge in [-0.05, 0) is 54.3 Å². The summed E-state index contributed by atoms with van der Waals surface area (Å²) in [6.45, 7) is 3.92. The molecule has 20 heavy (non-hydrogen) atoms. The van der Waals surface area contributed by atoms with Crippen molar-refractivity contribution in [1.82, 2.24) is 0 Å². The molecule has 2 aromatic rings. The molecular weight excluding hydrogens is 272 g/mol. The molecule has 0 saturated carbocycles. The highest BCUT2D eigenvalue weighted by atomic mass is 35.5. The Kier molecular flexibility index (Phi) is 4.69. The smallest absolute Gasteiger partial charge is 0.118 e. The average Bonchev–Trinajstić information content (AvgIpc) is 2.43. The van der Waals surface area contributed by atoms with Gasteiger partial charge in [-0.3, -0.25) is 0 Å². The van der Waals surface area contributed by atoms with Gasteiger partial charge in [-0.25, -0.2) is 0 Å². The van der Waals surface area contributed by atoms with Crippen LogP contribution in [-0.4, -0.2) is 12.2 Å². The number of hydrogen-bond donors (Lipinski definition) is 1. The van der Waals surface area contributed by atoms with Crippen LogP contribution in [0.3, 0.4) is 0 Å². The van der Waals surface area contributed by atoms with E-state index in [1.807, 2.05) is 50.2 Å². The first-order chi connectivity index (χ1) is 9.51. The summed E-state index contributed by atoms with van der Waals surface area (Å²) in [6.07, 6.45) is 0.0469. The van der Waals surface area contributed by atoms with Gasteiger partial charge in [-0.15, -0.1) is 0 Å². The first-order valence-electron chi connectivity index (χ1n) is 6.59. The van der Waals surface area contributed by atoms with E-state index in [1.54, 1.807) is 7.11 Å². The Bertz CT molecular complexity index is 591. The van der Waals surface area contributed by atoms with Crippen LogP contribution in [0, 0.1) is 13.8 Å². The Labute approximate surface area is 125 Å². The van der Waals surface area contributed by atoms with Gasteiger partial charge in [0.1, 0.15) is 5.75 Å². The van der Waals surface area contributed by atoms with Crippen molar-refractivity contribution in [3.05, 3.63) is 63.7 Å². The maximum Gasteiger partial charge on any atom is 0.118 e. The quantitative estimate of drug-likeness (QED) is 0.912. The number of ether oxygens (including phenoxy) is 1. The van der Waals surface area contributed by atoms with Crippen molar-refractivity contribution in [2.45, 2.75) is 26.4 Å². The number of aryl methyl sites for hydroxylation is 2. The molecule has 0 saturated heterocycles. The molecule has 3 heteroatoms. The molecule has 0 aromatic heterocycles. The van der Waals surface area contributed by atoms with Crippen LogP contribution in [0.1, 0.15) is 28.4 Å². The van der Waals surface area contributed by atoms with E-state index < -0.39 is 6.10 Å². The number of halogens is 1. The molecule has 0 aliphatic rings. The predicted octanol–water partition coefficient (Wildman–Crippen LogP) is 4.24. The lowest BCUT2D eigenvalue weighted by molar-refractivity contribution is 0.177. The number of rotatable bonds is 4. The van der Waals surface area contributed by atoms with Crippen molar-refractivity contribution in [3.8, 4) is 5.75 Å². The monoisotopic (exact) mass is 290 g/mol. The van der Waals surface area contributed by atoms with Gasteiger partial charge in [-0.2, -0.15) is 0 Å². The molecule has 2 rings (SSSR count). The first-order valence-corrected chi connectivity index (χ1v) is 6.96. The zero-order valence-electron chi connectivity index (χ0n) is 12.0. The molecule has 0 radical (unpaired) electrons. The van der Waals surface area contributed by atoms with Crippen molar-refractivity contribution < 1.29 is 9.84 Å². The van der Waals surface area contributed by atoms with Crippen LogP contribution >= 0.6 is 11.6 Å². The van der Waals surface area contributed by atoms with Gasteiger partial charge >= 0.3 is 0 Å². The van der Waals surface area contributed by atoms with Crippen LogP contribution in [0.2, 0.25) is 5.02 Å².